The van der Waals surface area contributed by atoms with Gasteiger partial charge in [0.2, 0.25) is 11.8 Å². The van der Waals surface area contributed by atoms with Crippen LogP contribution in [0.2, 0.25) is 0 Å². The maximum Gasteiger partial charge on any atom is 0.254 e. The van der Waals surface area contributed by atoms with Gasteiger partial charge in [-0.15, -0.1) is 0 Å². The van der Waals surface area contributed by atoms with Gasteiger partial charge in [0, 0.05) is 50.8 Å². The van der Waals surface area contributed by atoms with Gasteiger partial charge in [-0.2, -0.15) is 0 Å². The fourth-order valence-corrected chi connectivity index (χ4v) is 4.21. The van der Waals surface area contributed by atoms with E-state index >= 15 is 0 Å². The SMILES string of the molecule is CC(=O)Nc1cc(C(=O)N2CCN(C(=O)CCC3CCCC3)CC2)ccc1C. The Morgan fingerprint density at radius 3 is 2.32 bits per heavy atom. The second kappa shape index (κ2) is 9.22. The van der Waals surface area contributed by atoms with Crippen molar-refractivity contribution in [2.24, 2.45) is 5.92 Å². The van der Waals surface area contributed by atoms with Gasteiger partial charge >= 0.3 is 0 Å². The summed E-state index contributed by atoms with van der Waals surface area (Å²) < 4.78 is 0. The lowest BCUT2D eigenvalue weighted by Crippen LogP contribution is -2.50. The largest absolute Gasteiger partial charge is 0.339 e. The first-order valence-electron chi connectivity index (χ1n) is 10.4. The zero-order chi connectivity index (χ0) is 20.1. The van der Waals surface area contributed by atoms with Crippen molar-refractivity contribution in [1.29, 1.82) is 0 Å². The highest BCUT2D eigenvalue weighted by Gasteiger charge is 2.26. The smallest absolute Gasteiger partial charge is 0.254 e. The average Bonchev–Trinajstić information content (AvgIpc) is 3.21. The van der Waals surface area contributed by atoms with Crippen LogP contribution in [0.1, 0.15) is 61.4 Å². The number of carbonyl (C=O) groups is 3. The van der Waals surface area contributed by atoms with Crippen LogP contribution in [-0.4, -0.2) is 53.7 Å². The zero-order valence-electron chi connectivity index (χ0n) is 17.0. The third-order valence-electron chi connectivity index (χ3n) is 5.96. The summed E-state index contributed by atoms with van der Waals surface area (Å²) in [5.74, 6) is 0.746. The van der Waals surface area contributed by atoms with Crippen LogP contribution < -0.4 is 5.32 Å². The van der Waals surface area contributed by atoms with E-state index in [0.717, 1.165) is 17.9 Å². The highest BCUT2D eigenvalue weighted by atomic mass is 16.2. The van der Waals surface area contributed by atoms with Crippen molar-refractivity contribution in [2.45, 2.75) is 52.4 Å². The van der Waals surface area contributed by atoms with Gasteiger partial charge in [0.05, 0.1) is 0 Å². The monoisotopic (exact) mass is 385 g/mol. The number of anilines is 1. The Morgan fingerprint density at radius 1 is 1.04 bits per heavy atom. The molecule has 0 atom stereocenters. The third-order valence-corrected chi connectivity index (χ3v) is 5.96. The molecule has 0 unspecified atom stereocenters. The number of nitrogens with one attached hydrogen (secondary N) is 1. The normalized spacial score (nSPS) is 17.6. The molecule has 2 fully saturated rings. The average molecular weight is 386 g/mol. The zero-order valence-corrected chi connectivity index (χ0v) is 17.0. The minimum absolute atomic E-state index is 0.0512. The Morgan fingerprint density at radius 2 is 1.68 bits per heavy atom. The van der Waals surface area contributed by atoms with E-state index in [2.05, 4.69) is 5.32 Å². The Labute approximate surface area is 167 Å². The summed E-state index contributed by atoms with van der Waals surface area (Å²) in [6.07, 6.45) is 6.80. The standard InChI is InChI=1S/C22H31N3O3/c1-16-7-9-19(15-20(16)23-17(2)26)22(28)25-13-11-24(12-14-25)21(27)10-8-18-5-3-4-6-18/h7,9,15,18H,3-6,8,10-14H2,1-2H3,(H,23,26). The van der Waals surface area contributed by atoms with E-state index in [1.54, 1.807) is 17.0 Å². The third kappa shape index (κ3) is 5.12. The van der Waals surface area contributed by atoms with Crippen LogP contribution in [0.25, 0.3) is 0 Å². The second-order valence-corrected chi connectivity index (χ2v) is 8.07. The minimum Gasteiger partial charge on any atom is -0.339 e. The van der Waals surface area contributed by atoms with Gasteiger partial charge < -0.3 is 15.1 Å². The number of nitrogens with zero attached hydrogens (tertiary/aromatic N) is 2. The van der Waals surface area contributed by atoms with E-state index in [1.165, 1.54) is 32.6 Å². The Bertz CT molecular complexity index is 733. The number of hydrogen-bond acceptors (Lipinski definition) is 3. The number of carbonyl (C=O) groups excluding carboxylic acids is 3. The van der Waals surface area contributed by atoms with E-state index in [-0.39, 0.29) is 17.7 Å². The highest BCUT2D eigenvalue weighted by Crippen LogP contribution is 2.28. The summed E-state index contributed by atoms with van der Waals surface area (Å²) in [5, 5.41) is 2.77. The number of benzene rings is 1. The van der Waals surface area contributed by atoms with Crippen LogP contribution in [0.4, 0.5) is 5.69 Å². The summed E-state index contributed by atoms with van der Waals surface area (Å²) in [6.45, 7) is 5.65. The molecule has 152 valence electrons. The van der Waals surface area contributed by atoms with Crippen molar-refractivity contribution in [1.82, 2.24) is 9.80 Å². The molecule has 3 rings (SSSR count). The highest BCUT2D eigenvalue weighted by molar-refractivity contribution is 5.97. The topological polar surface area (TPSA) is 69.7 Å². The first-order chi connectivity index (χ1) is 13.4. The van der Waals surface area contributed by atoms with Gasteiger partial charge in [-0.3, -0.25) is 14.4 Å². The van der Waals surface area contributed by atoms with Gasteiger partial charge in [0.15, 0.2) is 0 Å². The van der Waals surface area contributed by atoms with Gasteiger partial charge in [0.1, 0.15) is 0 Å². The molecule has 0 spiro atoms. The molecule has 1 saturated carbocycles. The maximum atomic E-state index is 12.8. The van der Waals surface area contributed by atoms with Crippen LogP contribution in [0.3, 0.4) is 0 Å². The quantitative estimate of drug-likeness (QED) is 0.846. The van der Waals surface area contributed by atoms with Gasteiger partial charge in [-0.05, 0) is 37.0 Å². The van der Waals surface area contributed by atoms with Crippen molar-refractivity contribution < 1.29 is 14.4 Å². The molecule has 1 saturated heterocycles. The lowest BCUT2D eigenvalue weighted by atomic mass is 10.0. The Kier molecular flexibility index (Phi) is 6.70. The molecule has 1 N–H and O–H groups in total. The van der Waals surface area contributed by atoms with Gasteiger partial charge in [-0.1, -0.05) is 31.7 Å². The number of amides is 3. The summed E-state index contributed by atoms with van der Waals surface area (Å²) in [5.41, 5.74) is 2.15. The van der Waals surface area contributed by atoms with Crippen molar-refractivity contribution in [2.75, 3.05) is 31.5 Å². The fraction of sp³-hybridized carbons (Fsp3) is 0.591. The lowest BCUT2D eigenvalue weighted by Gasteiger charge is -2.35. The summed E-state index contributed by atoms with van der Waals surface area (Å²) >= 11 is 0. The predicted molar refractivity (Wildman–Crippen MR) is 109 cm³/mol. The van der Waals surface area contributed by atoms with Crippen molar-refractivity contribution in [3.63, 3.8) is 0 Å². The van der Waals surface area contributed by atoms with Crippen LogP contribution in [0.15, 0.2) is 18.2 Å². The molecule has 0 bridgehead atoms. The predicted octanol–water partition coefficient (Wildman–Crippen LogP) is 3.21. The van der Waals surface area contributed by atoms with Crippen LogP contribution >= 0.6 is 0 Å². The molecule has 2 aliphatic rings. The lowest BCUT2D eigenvalue weighted by molar-refractivity contribution is -0.133. The van der Waals surface area contributed by atoms with Crippen molar-refractivity contribution >= 4 is 23.4 Å². The Hall–Kier alpha value is -2.37. The maximum absolute atomic E-state index is 12.8. The first-order valence-corrected chi connectivity index (χ1v) is 10.4. The van der Waals surface area contributed by atoms with Crippen LogP contribution in [0.5, 0.6) is 0 Å². The number of hydrogen-bond donors (Lipinski definition) is 1. The van der Waals surface area contributed by atoms with E-state index in [0.29, 0.717) is 43.9 Å². The molecule has 6 heteroatoms. The molecular weight excluding hydrogens is 354 g/mol. The number of rotatable bonds is 5. The van der Waals surface area contributed by atoms with E-state index in [4.69, 9.17) is 0 Å². The molecule has 28 heavy (non-hydrogen) atoms. The van der Waals surface area contributed by atoms with Crippen LogP contribution in [0, 0.1) is 12.8 Å². The first kappa shape index (κ1) is 20.4. The van der Waals surface area contributed by atoms with Crippen LogP contribution in [-0.2, 0) is 9.59 Å². The summed E-state index contributed by atoms with van der Waals surface area (Å²) in [6, 6.07) is 5.38. The van der Waals surface area contributed by atoms with E-state index in [9.17, 15) is 14.4 Å². The van der Waals surface area contributed by atoms with E-state index < -0.39 is 0 Å². The number of aryl methyl sites for hydroxylation is 1. The Balaban J connectivity index is 1.52. The molecule has 0 aromatic heterocycles. The molecule has 1 aromatic carbocycles. The molecule has 3 amide bonds. The molecular formula is C22H31N3O3. The summed E-state index contributed by atoms with van der Waals surface area (Å²) in [7, 11) is 0. The molecule has 1 aromatic rings. The molecule has 1 heterocycles. The molecule has 0 radical (unpaired) electrons. The second-order valence-electron chi connectivity index (χ2n) is 8.07. The van der Waals surface area contributed by atoms with E-state index in [1.807, 2.05) is 17.9 Å². The minimum atomic E-state index is -0.155. The summed E-state index contributed by atoms with van der Waals surface area (Å²) in [4.78, 5) is 40.3. The molecule has 6 nitrogen and oxygen atoms in total. The van der Waals surface area contributed by atoms with Gasteiger partial charge in [0.25, 0.3) is 5.91 Å². The van der Waals surface area contributed by atoms with Crippen molar-refractivity contribution in [3.8, 4) is 0 Å². The van der Waals surface area contributed by atoms with Crippen molar-refractivity contribution in [3.05, 3.63) is 29.3 Å². The molecule has 1 aliphatic carbocycles. The molecule has 1 aliphatic heterocycles. The fourth-order valence-electron chi connectivity index (χ4n) is 4.21. The number of piperazine rings is 1. The van der Waals surface area contributed by atoms with Gasteiger partial charge in [-0.25, -0.2) is 0 Å².